The highest BCUT2D eigenvalue weighted by Crippen LogP contribution is 2.82. The molecule has 11 nitrogen and oxygen atoms in total. The van der Waals surface area contributed by atoms with Crippen LogP contribution in [0.2, 0.25) is 0 Å². The highest BCUT2D eigenvalue weighted by Gasteiger charge is 2.94. The second-order valence-corrected chi connectivity index (χ2v) is 12.6. The second-order valence-electron chi connectivity index (χ2n) is 12.6. The van der Waals surface area contributed by atoms with E-state index >= 15 is 4.79 Å². The molecular weight excluding hydrogens is 524 g/mol. The van der Waals surface area contributed by atoms with Crippen molar-refractivity contribution in [2.75, 3.05) is 13.2 Å². The molecule has 3 N–H and O–H groups in total. The number of hydrogen-bond acceptors (Lipinski definition) is 11. The third-order valence-electron chi connectivity index (χ3n) is 10.8. The van der Waals surface area contributed by atoms with Crippen molar-refractivity contribution < 1.29 is 53.1 Å². The zero-order valence-corrected chi connectivity index (χ0v) is 23.2. The van der Waals surface area contributed by atoms with Crippen molar-refractivity contribution >= 4 is 17.7 Å². The Bertz CT molecular complexity index is 1280. The topological polar surface area (TPSA) is 165 Å². The molecule has 1 spiro atoms. The van der Waals surface area contributed by atoms with Crippen LogP contribution in [-0.2, 0) is 33.3 Å². The molecule has 3 aliphatic carbocycles. The predicted octanol–water partition coefficient (Wildman–Crippen LogP) is 1.39. The van der Waals surface area contributed by atoms with Gasteiger partial charge >= 0.3 is 11.9 Å². The number of ether oxygens (including phenoxy) is 4. The lowest BCUT2D eigenvalue weighted by molar-refractivity contribution is -0.275. The Morgan fingerprint density at radius 3 is 2.30 bits per heavy atom. The van der Waals surface area contributed by atoms with Crippen LogP contribution in [-0.4, -0.2) is 82.1 Å². The molecule has 218 valence electrons. The number of furan rings is 1. The van der Waals surface area contributed by atoms with Gasteiger partial charge in [-0.05, 0) is 37.5 Å². The number of rotatable bonds is 5. The number of aliphatic hydroxyl groups is 3. The highest BCUT2D eigenvalue weighted by atomic mass is 16.7. The van der Waals surface area contributed by atoms with Crippen molar-refractivity contribution in [2.45, 2.75) is 89.2 Å². The number of aliphatic hydroxyl groups excluding tert-OH is 3. The Morgan fingerprint density at radius 1 is 1.02 bits per heavy atom. The normalized spacial score (nSPS) is 46.3. The minimum atomic E-state index is -1.87. The first kappa shape index (κ1) is 27.6. The molecule has 0 unspecified atom stereocenters. The Morgan fingerprint density at radius 2 is 1.73 bits per heavy atom. The standard InChI is InChI=1S/C29H36O11/c1-14(32)37-22-10-19-18(25(3,4)40-22)8-20(34)28(13-31)27(19,12-30)23(35)24(38-15(2)33)26(5)17(16-6-7-36-11-16)9-21-29(26,28)39-21/h6-8,11,17,19-22,24,30-31,34H,9-10,12-13H2,1-5H3/t17-,19-,20+,21-,22-,24+,26-,27-,28-,29-/m1/s1. The van der Waals surface area contributed by atoms with Gasteiger partial charge in [-0.2, -0.15) is 0 Å². The summed E-state index contributed by atoms with van der Waals surface area (Å²) >= 11 is 0. The third-order valence-corrected chi connectivity index (χ3v) is 10.8. The minimum absolute atomic E-state index is 0.0228. The zero-order chi connectivity index (χ0) is 29.0. The van der Waals surface area contributed by atoms with Gasteiger partial charge in [0.15, 0.2) is 11.9 Å². The van der Waals surface area contributed by atoms with Gasteiger partial charge in [0.2, 0.25) is 6.29 Å². The number of carbonyl (C=O) groups is 3. The number of Topliss-reactive ketones (excluding diaryl/α,β-unsaturated/α-hetero) is 1. The average molecular weight is 561 g/mol. The lowest BCUT2D eigenvalue weighted by Crippen LogP contribution is -2.81. The Hall–Kier alpha value is -2.57. The molecule has 1 aromatic rings. The maximum Gasteiger partial charge on any atom is 0.304 e. The van der Waals surface area contributed by atoms with Crippen molar-refractivity contribution in [3.8, 4) is 0 Å². The first-order chi connectivity index (χ1) is 18.8. The molecule has 3 heterocycles. The van der Waals surface area contributed by atoms with Crippen LogP contribution in [0.3, 0.4) is 0 Å². The van der Waals surface area contributed by atoms with Crippen LogP contribution < -0.4 is 0 Å². The summed E-state index contributed by atoms with van der Waals surface area (Å²) in [7, 11) is 0. The maximum absolute atomic E-state index is 15.1. The Kier molecular flexibility index (Phi) is 5.85. The van der Waals surface area contributed by atoms with Gasteiger partial charge in [0, 0.05) is 32.1 Å². The van der Waals surface area contributed by atoms with Crippen LogP contribution in [0.25, 0.3) is 0 Å². The molecule has 6 rings (SSSR count). The van der Waals surface area contributed by atoms with E-state index in [1.807, 2.05) is 0 Å². The van der Waals surface area contributed by atoms with Gasteiger partial charge in [-0.1, -0.05) is 13.0 Å². The molecule has 0 aromatic carbocycles. The van der Waals surface area contributed by atoms with Crippen LogP contribution in [0.4, 0.5) is 0 Å². The second kappa shape index (κ2) is 8.48. The van der Waals surface area contributed by atoms with E-state index in [4.69, 9.17) is 23.4 Å². The summed E-state index contributed by atoms with van der Waals surface area (Å²) in [4.78, 5) is 39.5. The van der Waals surface area contributed by atoms with E-state index < -0.39 is 88.9 Å². The minimum Gasteiger partial charge on any atom is -0.472 e. The lowest BCUT2D eigenvalue weighted by Gasteiger charge is -2.68. The van der Waals surface area contributed by atoms with E-state index in [2.05, 4.69) is 0 Å². The van der Waals surface area contributed by atoms with Gasteiger partial charge in [-0.25, -0.2) is 0 Å². The molecule has 1 aromatic heterocycles. The number of epoxide rings is 1. The molecule has 5 aliphatic rings. The first-order valence-electron chi connectivity index (χ1n) is 13.7. The number of fused-ring (bicyclic) bond motifs is 3. The van der Waals surface area contributed by atoms with Crippen molar-refractivity contribution in [2.24, 2.45) is 22.2 Å². The van der Waals surface area contributed by atoms with E-state index in [1.165, 1.54) is 20.1 Å². The predicted molar refractivity (Wildman–Crippen MR) is 134 cm³/mol. The number of ketones is 1. The summed E-state index contributed by atoms with van der Waals surface area (Å²) in [5.41, 5.74) is -5.98. The monoisotopic (exact) mass is 560 g/mol. The van der Waals surface area contributed by atoms with Crippen LogP contribution >= 0.6 is 0 Å². The number of esters is 2. The van der Waals surface area contributed by atoms with Crippen LogP contribution in [0.5, 0.6) is 0 Å². The summed E-state index contributed by atoms with van der Waals surface area (Å²) < 4.78 is 29.2. The molecule has 4 fully saturated rings. The van der Waals surface area contributed by atoms with Gasteiger partial charge < -0.3 is 38.7 Å². The van der Waals surface area contributed by atoms with Crippen LogP contribution in [0.1, 0.15) is 58.9 Å². The molecule has 2 aliphatic heterocycles. The summed E-state index contributed by atoms with van der Waals surface area (Å²) in [6.07, 6.45) is 0.698. The van der Waals surface area contributed by atoms with E-state index in [9.17, 15) is 24.9 Å². The molecule has 40 heavy (non-hydrogen) atoms. The Labute approximate surface area is 231 Å². The van der Waals surface area contributed by atoms with Gasteiger partial charge in [-0.15, -0.1) is 0 Å². The summed E-state index contributed by atoms with van der Waals surface area (Å²) in [6.45, 7) is 6.23. The molecule has 0 amide bonds. The fraction of sp³-hybridized carbons (Fsp3) is 0.690. The van der Waals surface area contributed by atoms with Crippen molar-refractivity contribution in [3.05, 3.63) is 35.8 Å². The van der Waals surface area contributed by atoms with Crippen molar-refractivity contribution in [3.63, 3.8) is 0 Å². The fourth-order valence-corrected chi connectivity index (χ4v) is 9.39. The van der Waals surface area contributed by atoms with Gasteiger partial charge in [-0.3, -0.25) is 14.4 Å². The van der Waals surface area contributed by atoms with Gasteiger partial charge in [0.1, 0.15) is 5.60 Å². The molecule has 10 atom stereocenters. The molecule has 2 saturated carbocycles. The quantitative estimate of drug-likeness (QED) is 0.271. The third kappa shape index (κ3) is 2.94. The van der Waals surface area contributed by atoms with E-state index in [0.29, 0.717) is 12.0 Å². The smallest absolute Gasteiger partial charge is 0.304 e. The zero-order valence-electron chi connectivity index (χ0n) is 23.2. The molecule has 0 bridgehead atoms. The van der Waals surface area contributed by atoms with Crippen LogP contribution in [0.15, 0.2) is 34.7 Å². The SMILES string of the molecule is CC(=O)O[C@H]1C[C@@H]2C(=C[C@H](O)[C@@]3(CO)[C@@]45O[C@@H]4C[C@H](c4ccoc4)[C@]5(C)[C@@H](OC(C)=O)C(=O)[C@@]23CO)C(C)(C)O1. The van der Waals surface area contributed by atoms with E-state index in [-0.39, 0.29) is 12.3 Å². The number of hydrogen-bond donors (Lipinski definition) is 3. The average Bonchev–Trinajstić information content (AvgIpc) is 3.22. The van der Waals surface area contributed by atoms with Gasteiger partial charge in [0.25, 0.3) is 0 Å². The van der Waals surface area contributed by atoms with E-state index in [0.717, 1.165) is 5.56 Å². The fourth-order valence-electron chi connectivity index (χ4n) is 9.39. The van der Waals surface area contributed by atoms with Gasteiger partial charge in [0.05, 0.1) is 59.8 Å². The summed E-state index contributed by atoms with van der Waals surface area (Å²) in [6, 6.07) is 1.78. The van der Waals surface area contributed by atoms with Crippen molar-refractivity contribution in [1.29, 1.82) is 0 Å². The highest BCUT2D eigenvalue weighted by molar-refractivity contribution is 5.96. The number of carbonyl (C=O) groups excluding carboxylic acids is 3. The molecule has 11 heteroatoms. The Balaban J connectivity index is 1.63. The lowest BCUT2D eigenvalue weighted by atomic mass is 9.35. The van der Waals surface area contributed by atoms with E-state index in [1.54, 1.807) is 39.2 Å². The van der Waals surface area contributed by atoms with Crippen molar-refractivity contribution in [1.82, 2.24) is 0 Å². The largest absolute Gasteiger partial charge is 0.472 e. The summed E-state index contributed by atoms with van der Waals surface area (Å²) in [5, 5.41) is 34.7. The maximum atomic E-state index is 15.1. The molecule has 0 radical (unpaired) electrons. The molecule has 2 saturated heterocycles. The first-order valence-corrected chi connectivity index (χ1v) is 13.7. The molecular formula is C29H36O11. The van der Waals surface area contributed by atoms with Crippen LogP contribution in [0, 0.1) is 22.2 Å². The summed E-state index contributed by atoms with van der Waals surface area (Å²) in [5.74, 6) is -3.12.